The summed E-state index contributed by atoms with van der Waals surface area (Å²) < 4.78 is 19.6. The minimum atomic E-state index is -0.307. The smallest absolute Gasteiger partial charge is 0.223 e. The summed E-state index contributed by atoms with van der Waals surface area (Å²) in [4.78, 5) is 16.0. The number of amides is 1. The molecule has 3 heterocycles. The van der Waals surface area contributed by atoms with Gasteiger partial charge in [0.2, 0.25) is 5.91 Å². The van der Waals surface area contributed by atoms with Gasteiger partial charge in [0.05, 0.1) is 11.6 Å². The van der Waals surface area contributed by atoms with Gasteiger partial charge in [-0.2, -0.15) is 0 Å². The summed E-state index contributed by atoms with van der Waals surface area (Å²) in [6.45, 7) is 2.86. The van der Waals surface area contributed by atoms with Gasteiger partial charge in [-0.1, -0.05) is 12.1 Å². The van der Waals surface area contributed by atoms with Gasteiger partial charge in [0, 0.05) is 24.3 Å². The number of fused-ring (bicyclic) bond motifs is 1. The lowest BCUT2D eigenvalue weighted by atomic mass is 10.0. The molecule has 1 aliphatic heterocycles. The van der Waals surface area contributed by atoms with Gasteiger partial charge in [0.15, 0.2) is 0 Å². The number of carbonyl (C=O) groups excluding carboxylic acids is 1. The Kier molecular flexibility index (Phi) is 4.64. The van der Waals surface area contributed by atoms with Crippen molar-refractivity contribution < 1.29 is 13.6 Å². The minimum Gasteiger partial charge on any atom is -0.461 e. The maximum absolute atomic E-state index is 13.9. The van der Waals surface area contributed by atoms with Gasteiger partial charge < -0.3 is 9.32 Å². The number of aryl methyl sites for hydroxylation is 1. The van der Waals surface area contributed by atoms with E-state index in [2.05, 4.69) is 18.4 Å². The normalized spacial score (nSPS) is 16.5. The predicted octanol–water partition coefficient (Wildman–Crippen LogP) is 5.23. The molecule has 4 rings (SSSR count). The third-order valence-electron chi connectivity index (χ3n) is 4.98. The number of rotatable bonds is 4. The van der Waals surface area contributed by atoms with Crippen LogP contribution in [0.15, 0.2) is 52.3 Å². The molecule has 0 radical (unpaired) electrons. The molecule has 0 saturated carbocycles. The first-order valence-corrected chi connectivity index (χ1v) is 9.71. The summed E-state index contributed by atoms with van der Waals surface area (Å²) in [5.41, 5.74) is 1.72. The number of carbonyl (C=O) groups is 1. The highest BCUT2D eigenvalue weighted by atomic mass is 32.1. The first kappa shape index (κ1) is 17.0. The van der Waals surface area contributed by atoms with Crippen molar-refractivity contribution in [2.24, 2.45) is 0 Å². The molecule has 2 aromatic heterocycles. The van der Waals surface area contributed by atoms with E-state index in [0.29, 0.717) is 29.9 Å². The lowest BCUT2D eigenvalue weighted by Gasteiger charge is -2.33. The van der Waals surface area contributed by atoms with Crippen molar-refractivity contribution in [3.63, 3.8) is 0 Å². The Morgan fingerprint density at radius 3 is 2.96 bits per heavy atom. The standard InChI is InChI=1S/C21H20FNO2S/c1-14-16-11-13-26-20(16)10-12-23(14)21(24)9-7-15-6-8-19(25-15)17-4-2-3-5-18(17)22/h2-6,8,11,13-14H,7,9-10,12H2,1H3. The van der Waals surface area contributed by atoms with Gasteiger partial charge in [0.25, 0.3) is 0 Å². The van der Waals surface area contributed by atoms with E-state index >= 15 is 0 Å². The number of halogens is 1. The average Bonchev–Trinajstić information content (AvgIpc) is 3.30. The molecule has 3 aromatic rings. The van der Waals surface area contributed by atoms with E-state index in [-0.39, 0.29) is 17.8 Å². The van der Waals surface area contributed by atoms with E-state index < -0.39 is 0 Å². The van der Waals surface area contributed by atoms with Crippen LogP contribution in [0.25, 0.3) is 11.3 Å². The van der Waals surface area contributed by atoms with E-state index in [9.17, 15) is 9.18 Å². The highest BCUT2D eigenvalue weighted by Crippen LogP contribution is 2.33. The summed E-state index contributed by atoms with van der Waals surface area (Å²) in [5, 5.41) is 2.10. The second-order valence-electron chi connectivity index (χ2n) is 6.56. The first-order chi connectivity index (χ1) is 12.6. The van der Waals surface area contributed by atoms with Crippen molar-refractivity contribution in [2.45, 2.75) is 32.2 Å². The zero-order valence-corrected chi connectivity index (χ0v) is 15.4. The summed E-state index contributed by atoms with van der Waals surface area (Å²) in [6, 6.07) is 12.4. The van der Waals surface area contributed by atoms with Crippen molar-refractivity contribution in [3.05, 3.63) is 69.9 Å². The van der Waals surface area contributed by atoms with Crippen LogP contribution in [0.3, 0.4) is 0 Å². The lowest BCUT2D eigenvalue weighted by Crippen LogP contribution is -2.38. The number of furan rings is 1. The molecule has 1 unspecified atom stereocenters. The van der Waals surface area contributed by atoms with Crippen LogP contribution < -0.4 is 0 Å². The fraction of sp³-hybridized carbons (Fsp3) is 0.286. The molecule has 0 saturated heterocycles. The first-order valence-electron chi connectivity index (χ1n) is 8.83. The van der Waals surface area contributed by atoms with Gasteiger partial charge in [-0.25, -0.2) is 4.39 Å². The molecule has 0 spiro atoms. The molecule has 1 aliphatic rings. The predicted molar refractivity (Wildman–Crippen MR) is 101 cm³/mol. The molecule has 26 heavy (non-hydrogen) atoms. The van der Waals surface area contributed by atoms with Crippen molar-refractivity contribution in [3.8, 4) is 11.3 Å². The number of nitrogens with zero attached hydrogens (tertiary/aromatic N) is 1. The second-order valence-corrected chi connectivity index (χ2v) is 7.56. The molecule has 1 amide bonds. The van der Waals surface area contributed by atoms with Crippen molar-refractivity contribution >= 4 is 17.2 Å². The monoisotopic (exact) mass is 369 g/mol. The Bertz CT molecular complexity index is 930. The van der Waals surface area contributed by atoms with Crippen LogP contribution in [0, 0.1) is 5.82 Å². The molecule has 1 atom stereocenters. The molecular weight excluding hydrogens is 349 g/mol. The van der Waals surface area contributed by atoms with E-state index in [4.69, 9.17) is 4.42 Å². The zero-order chi connectivity index (χ0) is 18.1. The maximum Gasteiger partial charge on any atom is 0.223 e. The van der Waals surface area contributed by atoms with Gasteiger partial charge >= 0.3 is 0 Å². The van der Waals surface area contributed by atoms with Crippen LogP contribution in [0.1, 0.15) is 35.6 Å². The third kappa shape index (κ3) is 3.19. The van der Waals surface area contributed by atoms with Crippen LogP contribution in [0.4, 0.5) is 4.39 Å². The Morgan fingerprint density at radius 2 is 2.12 bits per heavy atom. The van der Waals surface area contributed by atoms with Gasteiger partial charge in [-0.15, -0.1) is 11.3 Å². The van der Waals surface area contributed by atoms with Crippen molar-refractivity contribution in [1.29, 1.82) is 0 Å². The van der Waals surface area contributed by atoms with Crippen LogP contribution >= 0.6 is 11.3 Å². The Hall–Kier alpha value is -2.40. The SMILES string of the molecule is CC1c2ccsc2CCN1C(=O)CCc1ccc(-c2ccccc2F)o1. The quantitative estimate of drug-likeness (QED) is 0.631. The Labute approximate surface area is 156 Å². The third-order valence-corrected chi connectivity index (χ3v) is 5.98. The van der Waals surface area contributed by atoms with Crippen LogP contribution in [0.2, 0.25) is 0 Å². The molecule has 1 aromatic carbocycles. The molecule has 0 aliphatic carbocycles. The number of hydrogen-bond acceptors (Lipinski definition) is 3. The molecular formula is C21H20FNO2S. The molecule has 0 fully saturated rings. The van der Waals surface area contributed by atoms with Gasteiger partial charge in [-0.05, 0) is 54.6 Å². The fourth-order valence-corrected chi connectivity index (χ4v) is 4.50. The summed E-state index contributed by atoms with van der Waals surface area (Å²) >= 11 is 1.77. The minimum absolute atomic E-state index is 0.128. The fourth-order valence-electron chi connectivity index (χ4n) is 3.54. The molecule has 0 N–H and O–H groups in total. The molecule has 134 valence electrons. The lowest BCUT2D eigenvalue weighted by molar-refractivity contribution is -0.133. The number of benzene rings is 1. The zero-order valence-electron chi connectivity index (χ0n) is 14.6. The highest BCUT2D eigenvalue weighted by Gasteiger charge is 2.28. The van der Waals surface area contributed by atoms with E-state index in [0.717, 1.165) is 13.0 Å². The van der Waals surface area contributed by atoms with E-state index in [1.54, 1.807) is 35.6 Å². The molecule has 0 bridgehead atoms. The highest BCUT2D eigenvalue weighted by molar-refractivity contribution is 7.10. The Balaban J connectivity index is 1.41. The van der Waals surface area contributed by atoms with E-state index in [1.165, 1.54) is 16.5 Å². The number of thiophene rings is 1. The van der Waals surface area contributed by atoms with Gasteiger partial charge in [-0.3, -0.25) is 4.79 Å². The molecule has 3 nitrogen and oxygen atoms in total. The van der Waals surface area contributed by atoms with Crippen molar-refractivity contribution in [2.75, 3.05) is 6.54 Å². The van der Waals surface area contributed by atoms with E-state index in [1.807, 2.05) is 11.0 Å². The van der Waals surface area contributed by atoms with Gasteiger partial charge in [0.1, 0.15) is 17.3 Å². The van der Waals surface area contributed by atoms with Crippen LogP contribution in [0.5, 0.6) is 0 Å². The average molecular weight is 369 g/mol. The Morgan fingerprint density at radius 1 is 1.27 bits per heavy atom. The summed E-state index contributed by atoms with van der Waals surface area (Å²) in [6.07, 6.45) is 1.85. The van der Waals surface area contributed by atoms with Crippen LogP contribution in [-0.4, -0.2) is 17.4 Å². The van der Waals surface area contributed by atoms with Crippen molar-refractivity contribution in [1.82, 2.24) is 4.90 Å². The van der Waals surface area contributed by atoms with Crippen LogP contribution in [-0.2, 0) is 17.6 Å². The number of hydrogen-bond donors (Lipinski definition) is 0. The molecule has 5 heteroatoms. The summed E-state index contributed by atoms with van der Waals surface area (Å²) in [5.74, 6) is 1.04. The topological polar surface area (TPSA) is 33.5 Å². The second kappa shape index (κ2) is 7.08. The maximum atomic E-state index is 13.9. The largest absolute Gasteiger partial charge is 0.461 e. The summed E-state index contributed by atoms with van der Waals surface area (Å²) in [7, 11) is 0.